The van der Waals surface area contributed by atoms with Crippen molar-refractivity contribution in [3.63, 3.8) is 0 Å². The van der Waals surface area contributed by atoms with E-state index in [9.17, 15) is 4.79 Å². The highest BCUT2D eigenvalue weighted by atomic mass is 16.1. The number of piperidine rings is 1. The molecule has 1 aliphatic heterocycles. The van der Waals surface area contributed by atoms with E-state index < -0.39 is 0 Å². The zero-order chi connectivity index (χ0) is 16.5. The fourth-order valence-electron chi connectivity index (χ4n) is 6.78. The number of ketones is 1. The largest absolute Gasteiger partial charge is 0.300 e. The van der Waals surface area contributed by atoms with E-state index in [1.54, 1.807) is 0 Å². The van der Waals surface area contributed by atoms with Gasteiger partial charge in [-0.2, -0.15) is 0 Å². The van der Waals surface area contributed by atoms with Crippen molar-refractivity contribution in [2.75, 3.05) is 13.1 Å². The third-order valence-corrected chi connectivity index (χ3v) is 8.27. The molecule has 0 aromatic heterocycles. The smallest absolute Gasteiger partial charge is 0.169 e. The summed E-state index contributed by atoms with van der Waals surface area (Å²) in [6, 6.07) is 9.27. The Kier molecular flexibility index (Phi) is 3.11. The van der Waals surface area contributed by atoms with Crippen LogP contribution in [0.25, 0.3) is 0 Å². The molecule has 2 heteroatoms. The highest BCUT2D eigenvalue weighted by Crippen LogP contribution is 2.57. The van der Waals surface area contributed by atoms with E-state index in [4.69, 9.17) is 0 Å². The van der Waals surface area contributed by atoms with Crippen LogP contribution in [0.15, 0.2) is 24.3 Å². The van der Waals surface area contributed by atoms with Crippen molar-refractivity contribution in [1.82, 2.24) is 4.90 Å². The van der Waals surface area contributed by atoms with Crippen LogP contribution in [0.1, 0.15) is 68.3 Å². The summed E-state index contributed by atoms with van der Waals surface area (Å²) in [4.78, 5) is 15.8. The summed E-state index contributed by atoms with van der Waals surface area (Å²) in [6.07, 6.45) is 8.17. The summed E-state index contributed by atoms with van der Waals surface area (Å²) in [7, 11) is 0. The Hall–Kier alpha value is -1.15. The summed E-state index contributed by atoms with van der Waals surface area (Å²) in [5, 5.41) is 0. The Morgan fingerprint density at radius 1 is 1.04 bits per heavy atom. The molecular weight excluding hydrogens is 294 g/mol. The highest BCUT2D eigenvalue weighted by Gasteiger charge is 2.58. The number of Topliss-reactive ketones (excluding diaryl/α,β-unsaturated/α-hetero) is 1. The fourth-order valence-corrected chi connectivity index (χ4v) is 6.78. The minimum atomic E-state index is -0.253. The first-order valence-corrected chi connectivity index (χ1v) is 9.91. The average Bonchev–Trinajstić information content (AvgIpc) is 3.27. The van der Waals surface area contributed by atoms with Gasteiger partial charge in [-0.15, -0.1) is 0 Å². The maximum Gasteiger partial charge on any atom is 0.169 e. The van der Waals surface area contributed by atoms with E-state index >= 15 is 0 Å². The summed E-state index contributed by atoms with van der Waals surface area (Å²) >= 11 is 0. The van der Waals surface area contributed by atoms with Gasteiger partial charge in [-0.25, -0.2) is 0 Å². The molecule has 0 radical (unpaired) electrons. The van der Waals surface area contributed by atoms with Crippen molar-refractivity contribution < 1.29 is 4.79 Å². The third-order valence-electron chi connectivity index (χ3n) is 8.27. The van der Waals surface area contributed by atoms with Crippen molar-refractivity contribution in [1.29, 1.82) is 0 Å². The molecule has 0 unspecified atom stereocenters. The lowest BCUT2D eigenvalue weighted by Crippen LogP contribution is -2.53. The van der Waals surface area contributed by atoms with Gasteiger partial charge in [0.1, 0.15) is 0 Å². The maximum absolute atomic E-state index is 13.0. The lowest BCUT2D eigenvalue weighted by Gasteiger charge is -2.49. The lowest BCUT2D eigenvalue weighted by atomic mass is 9.60. The lowest BCUT2D eigenvalue weighted by molar-refractivity contribution is 0.0356. The molecule has 3 fully saturated rings. The standard InChI is InChI=1S/C22H29NO/c1-21(2)20(24)17-5-3-4-6-18(17)22(21)9-11-23(12-10-22)19-14-15-7-8-16(19)13-15/h3-6,15-16,19H,7-14H2,1-2H3/t15-,16+,19-/m0/s1. The minimum absolute atomic E-state index is 0.0643. The molecule has 5 rings (SSSR count). The van der Waals surface area contributed by atoms with E-state index in [1.165, 1.54) is 44.3 Å². The summed E-state index contributed by atoms with van der Waals surface area (Å²) in [5.41, 5.74) is 2.15. The van der Waals surface area contributed by atoms with Crippen LogP contribution in [0.4, 0.5) is 0 Å². The molecule has 1 aromatic carbocycles. The highest BCUT2D eigenvalue weighted by molar-refractivity contribution is 6.06. The van der Waals surface area contributed by atoms with Crippen LogP contribution in [0.3, 0.4) is 0 Å². The predicted octanol–water partition coefficient (Wildman–Crippen LogP) is 4.43. The molecule has 2 nitrogen and oxygen atoms in total. The molecule has 1 heterocycles. The molecule has 2 saturated carbocycles. The number of rotatable bonds is 1. The molecular formula is C22H29NO. The predicted molar refractivity (Wildman–Crippen MR) is 96.3 cm³/mol. The van der Waals surface area contributed by atoms with Crippen LogP contribution >= 0.6 is 0 Å². The molecule has 2 bridgehead atoms. The first-order valence-electron chi connectivity index (χ1n) is 9.91. The third kappa shape index (κ3) is 1.78. The van der Waals surface area contributed by atoms with Gasteiger partial charge in [0, 0.05) is 22.4 Å². The van der Waals surface area contributed by atoms with Crippen LogP contribution in [-0.4, -0.2) is 29.8 Å². The fraction of sp³-hybridized carbons (Fsp3) is 0.682. The number of hydrogen-bond acceptors (Lipinski definition) is 2. The van der Waals surface area contributed by atoms with Crippen LogP contribution in [0.5, 0.6) is 0 Å². The summed E-state index contributed by atoms with van der Waals surface area (Å²) < 4.78 is 0. The number of benzene rings is 1. The van der Waals surface area contributed by atoms with Gasteiger partial charge in [-0.1, -0.05) is 44.5 Å². The van der Waals surface area contributed by atoms with Crippen molar-refractivity contribution in [3.05, 3.63) is 35.4 Å². The Morgan fingerprint density at radius 3 is 2.46 bits per heavy atom. The molecule has 3 aliphatic carbocycles. The van der Waals surface area contributed by atoms with Crippen LogP contribution in [-0.2, 0) is 5.41 Å². The molecule has 1 spiro atoms. The molecule has 0 amide bonds. The van der Waals surface area contributed by atoms with Crippen molar-refractivity contribution in [3.8, 4) is 0 Å². The number of likely N-dealkylation sites (tertiary alicyclic amines) is 1. The minimum Gasteiger partial charge on any atom is -0.300 e. The van der Waals surface area contributed by atoms with Crippen LogP contribution < -0.4 is 0 Å². The van der Waals surface area contributed by atoms with Gasteiger partial charge < -0.3 is 4.90 Å². The zero-order valence-electron chi connectivity index (χ0n) is 15.1. The Morgan fingerprint density at radius 2 is 1.79 bits per heavy atom. The van der Waals surface area contributed by atoms with E-state index in [1.807, 2.05) is 6.07 Å². The first-order chi connectivity index (χ1) is 11.5. The van der Waals surface area contributed by atoms with Crippen molar-refractivity contribution in [2.45, 2.75) is 63.8 Å². The van der Waals surface area contributed by atoms with Crippen LogP contribution in [0.2, 0.25) is 0 Å². The molecule has 4 aliphatic rings. The summed E-state index contributed by atoms with van der Waals surface area (Å²) in [5.74, 6) is 2.35. The Labute approximate surface area is 145 Å². The number of hydrogen-bond donors (Lipinski definition) is 0. The second kappa shape index (κ2) is 4.94. The van der Waals surface area contributed by atoms with Crippen LogP contribution in [0, 0.1) is 17.3 Å². The van der Waals surface area contributed by atoms with Gasteiger partial charge in [-0.05, 0) is 62.6 Å². The molecule has 0 N–H and O–H groups in total. The van der Waals surface area contributed by atoms with Gasteiger partial charge in [0.05, 0.1) is 0 Å². The molecule has 1 aromatic rings. The SMILES string of the molecule is CC1(C)C(=O)c2ccccc2C12CCN([C@H]1C[C@H]3CC[C@@H]1C3)CC2. The van der Waals surface area contributed by atoms with E-state index in [-0.39, 0.29) is 10.8 Å². The van der Waals surface area contributed by atoms with E-state index in [2.05, 4.69) is 36.9 Å². The Bertz CT molecular complexity index is 683. The van der Waals surface area contributed by atoms with Gasteiger partial charge >= 0.3 is 0 Å². The van der Waals surface area contributed by atoms with E-state index in [0.29, 0.717) is 5.78 Å². The first kappa shape index (κ1) is 15.1. The quantitative estimate of drug-likeness (QED) is 0.762. The second-order valence-electron chi connectivity index (χ2n) is 9.36. The van der Waals surface area contributed by atoms with Gasteiger partial charge in [0.15, 0.2) is 5.78 Å². The molecule has 1 saturated heterocycles. The van der Waals surface area contributed by atoms with E-state index in [0.717, 1.165) is 36.3 Å². The molecule has 128 valence electrons. The number of carbonyl (C=O) groups excluding carboxylic acids is 1. The summed E-state index contributed by atoms with van der Waals surface area (Å²) in [6.45, 7) is 6.75. The number of carbonyl (C=O) groups is 1. The topological polar surface area (TPSA) is 20.3 Å². The second-order valence-corrected chi connectivity index (χ2v) is 9.36. The number of nitrogens with zero attached hydrogens (tertiary/aromatic N) is 1. The van der Waals surface area contributed by atoms with Crippen molar-refractivity contribution >= 4 is 5.78 Å². The number of fused-ring (bicyclic) bond motifs is 4. The molecule has 3 atom stereocenters. The Balaban J connectivity index is 1.43. The molecule has 24 heavy (non-hydrogen) atoms. The van der Waals surface area contributed by atoms with Gasteiger partial charge in [-0.3, -0.25) is 4.79 Å². The monoisotopic (exact) mass is 323 g/mol. The normalized spacial score (nSPS) is 36.4. The average molecular weight is 323 g/mol. The zero-order valence-corrected chi connectivity index (χ0v) is 15.1. The van der Waals surface area contributed by atoms with Crippen molar-refractivity contribution in [2.24, 2.45) is 17.3 Å². The van der Waals surface area contributed by atoms with Gasteiger partial charge in [0.2, 0.25) is 0 Å². The maximum atomic E-state index is 13.0. The van der Waals surface area contributed by atoms with Gasteiger partial charge in [0.25, 0.3) is 0 Å².